The molecule has 0 aliphatic rings. The summed E-state index contributed by atoms with van der Waals surface area (Å²) in [5, 5.41) is 7.36. The second-order valence-corrected chi connectivity index (χ2v) is 5.80. The van der Waals surface area contributed by atoms with E-state index in [2.05, 4.69) is 15.8 Å². The summed E-state index contributed by atoms with van der Waals surface area (Å²) in [4.78, 5) is 23.9. The molecule has 2 aromatic carbocycles. The van der Waals surface area contributed by atoms with Gasteiger partial charge in [0.15, 0.2) is 0 Å². The molecule has 2 amide bonds. The van der Waals surface area contributed by atoms with Crippen LogP contribution in [0.5, 0.6) is 0 Å². The number of hydrogen-bond donors (Lipinski definition) is 2. The lowest BCUT2D eigenvalue weighted by Gasteiger charge is -2.12. The van der Waals surface area contributed by atoms with Crippen molar-refractivity contribution >= 4 is 41.2 Å². The summed E-state index contributed by atoms with van der Waals surface area (Å²) in [6, 6.07) is 12.8. The number of carbonyl (C=O) groups excluding carboxylic acids is 2. The van der Waals surface area contributed by atoms with Gasteiger partial charge in [-0.2, -0.15) is 5.10 Å². The number of rotatable bonds is 5. The van der Waals surface area contributed by atoms with Crippen LogP contribution in [0, 0.1) is 0 Å². The third-order valence-corrected chi connectivity index (χ3v) is 3.68. The fourth-order valence-electron chi connectivity index (χ4n) is 1.80. The van der Waals surface area contributed by atoms with Gasteiger partial charge in [-0.05, 0) is 31.2 Å². The smallest absolute Gasteiger partial charge is 0.262 e. The Bertz CT molecular complexity index is 764. The van der Waals surface area contributed by atoms with Crippen molar-refractivity contribution in [2.75, 3.05) is 0 Å². The molecular formula is C17H15Cl2N3O2. The van der Waals surface area contributed by atoms with E-state index in [1.807, 2.05) is 6.07 Å². The first-order valence-electron chi connectivity index (χ1n) is 7.11. The molecule has 0 saturated heterocycles. The van der Waals surface area contributed by atoms with E-state index in [-0.39, 0.29) is 5.91 Å². The highest BCUT2D eigenvalue weighted by atomic mass is 35.5. The third kappa shape index (κ3) is 5.08. The Morgan fingerprint density at radius 2 is 1.83 bits per heavy atom. The van der Waals surface area contributed by atoms with Gasteiger partial charge in [-0.15, -0.1) is 0 Å². The van der Waals surface area contributed by atoms with Gasteiger partial charge in [-0.3, -0.25) is 9.59 Å². The molecule has 5 nitrogen and oxygen atoms in total. The summed E-state index contributed by atoms with van der Waals surface area (Å²) in [5.74, 6) is -0.774. The van der Waals surface area contributed by atoms with Crippen LogP contribution in [0.25, 0.3) is 0 Å². The molecule has 1 atom stereocenters. The third-order valence-electron chi connectivity index (χ3n) is 3.12. The average Bonchev–Trinajstić information content (AvgIpc) is 2.57. The highest BCUT2D eigenvalue weighted by molar-refractivity contribution is 6.36. The minimum atomic E-state index is -0.740. The van der Waals surface area contributed by atoms with Gasteiger partial charge < -0.3 is 5.32 Å². The molecule has 0 spiro atoms. The molecule has 0 radical (unpaired) electrons. The van der Waals surface area contributed by atoms with Crippen LogP contribution in [0.1, 0.15) is 22.8 Å². The van der Waals surface area contributed by atoms with E-state index in [1.165, 1.54) is 6.21 Å². The summed E-state index contributed by atoms with van der Waals surface area (Å²) in [7, 11) is 0. The van der Waals surface area contributed by atoms with Crippen LogP contribution in [0.2, 0.25) is 10.0 Å². The van der Waals surface area contributed by atoms with Crippen molar-refractivity contribution in [3.05, 3.63) is 69.7 Å². The fraction of sp³-hybridized carbons (Fsp3) is 0.118. The van der Waals surface area contributed by atoms with Crippen LogP contribution in [-0.2, 0) is 4.79 Å². The molecule has 0 bridgehead atoms. The molecule has 0 fully saturated rings. The van der Waals surface area contributed by atoms with Crippen LogP contribution in [0.15, 0.2) is 53.6 Å². The standard InChI is InChI=1S/C17H15Cl2N3O2/c1-11(21-17(24)12-5-3-2-4-6-12)16(23)22-20-10-13-7-8-14(18)9-15(13)19/h2-11H,1H3,(H,21,24)(H,22,23). The Morgan fingerprint density at radius 3 is 2.50 bits per heavy atom. The van der Waals surface area contributed by atoms with Gasteiger partial charge in [-0.25, -0.2) is 5.43 Å². The van der Waals surface area contributed by atoms with Crippen molar-refractivity contribution in [2.24, 2.45) is 5.10 Å². The predicted molar refractivity (Wildman–Crippen MR) is 95.6 cm³/mol. The zero-order chi connectivity index (χ0) is 17.5. The lowest BCUT2D eigenvalue weighted by atomic mass is 10.2. The number of hydrogen-bond acceptors (Lipinski definition) is 3. The Labute approximate surface area is 149 Å². The van der Waals surface area contributed by atoms with E-state index < -0.39 is 11.9 Å². The molecule has 1 unspecified atom stereocenters. The number of halogens is 2. The maximum atomic E-state index is 12.0. The molecule has 0 aromatic heterocycles. The molecule has 0 saturated carbocycles. The quantitative estimate of drug-likeness (QED) is 0.632. The van der Waals surface area contributed by atoms with E-state index >= 15 is 0 Å². The van der Waals surface area contributed by atoms with Gasteiger partial charge in [0, 0.05) is 16.1 Å². The SMILES string of the molecule is CC(NC(=O)c1ccccc1)C(=O)NN=Cc1ccc(Cl)cc1Cl. The summed E-state index contributed by atoms with van der Waals surface area (Å²) < 4.78 is 0. The number of benzene rings is 2. The predicted octanol–water partition coefficient (Wildman–Crippen LogP) is 3.26. The maximum absolute atomic E-state index is 12.0. The van der Waals surface area contributed by atoms with Gasteiger partial charge >= 0.3 is 0 Å². The highest BCUT2D eigenvalue weighted by Gasteiger charge is 2.15. The molecule has 24 heavy (non-hydrogen) atoms. The molecule has 0 aliphatic heterocycles. The van der Waals surface area contributed by atoms with Crippen molar-refractivity contribution in [1.29, 1.82) is 0 Å². The number of nitrogens with one attached hydrogen (secondary N) is 2. The van der Waals surface area contributed by atoms with E-state index in [0.29, 0.717) is 21.2 Å². The number of nitrogens with zero attached hydrogens (tertiary/aromatic N) is 1. The summed E-state index contributed by atoms with van der Waals surface area (Å²) in [5.41, 5.74) is 3.45. The Hall–Kier alpha value is -2.37. The Morgan fingerprint density at radius 1 is 1.12 bits per heavy atom. The largest absolute Gasteiger partial charge is 0.340 e. The lowest BCUT2D eigenvalue weighted by Crippen LogP contribution is -2.43. The van der Waals surface area contributed by atoms with Crippen molar-refractivity contribution in [3.63, 3.8) is 0 Å². The first kappa shape index (κ1) is 18.0. The van der Waals surface area contributed by atoms with Crippen molar-refractivity contribution in [3.8, 4) is 0 Å². The van der Waals surface area contributed by atoms with Gasteiger partial charge in [0.25, 0.3) is 11.8 Å². The summed E-state index contributed by atoms with van der Waals surface area (Å²) in [6.07, 6.45) is 1.41. The second-order valence-electron chi connectivity index (χ2n) is 4.96. The van der Waals surface area contributed by atoms with Gasteiger partial charge in [0.1, 0.15) is 6.04 Å². The number of amides is 2. The summed E-state index contributed by atoms with van der Waals surface area (Å²) in [6.45, 7) is 1.57. The van der Waals surface area contributed by atoms with Crippen LogP contribution >= 0.6 is 23.2 Å². The lowest BCUT2D eigenvalue weighted by molar-refractivity contribution is -0.122. The zero-order valence-electron chi connectivity index (χ0n) is 12.8. The van der Waals surface area contributed by atoms with Gasteiger partial charge in [0.2, 0.25) is 0 Å². The van der Waals surface area contributed by atoms with Crippen LogP contribution in [0.4, 0.5) is 0 Å². The first-order chi connectivity index (χ1) is 11.5. The topological polar surface area (TPSA) is 70.6 Å². The van der Waals surface area contributed by atoms with E-state index in [0.717, 1.165) is 0 Å². The summed E-state index contributed by atoms with van der Waals surface area (Å²) >= 11 is 11.8. The number of carbonyl (C=O) groups is 2. The number of hydrazone groups is 1. The molecule has 0 aliphatic carbocycles. The van der Waals surface area contributed by atoms with Crippen LogP contribution < -0.4 is 10.7 Å². The van der Waals surface area contributed by atoms with E-state index in [4.69, 9.17) is 23.2 Å². The molecule has 2 rings (SSSR count). The minimum Gasteiger partial charge on any atom is -0.340 e. The van der Waals surface area contributed by atoms with Crippen LogP contribution in [-0.4, -0.2) is 24.1 Å². The molecule has 2 N–H and O–H groups in total. The first-order valence-corrected chi connectivity index (χ1v) is 7.87. The van der Waals surface area contributed by atoms with Crippen molar-refractivity contribution in [1.82, 2.24) is 10.7 Å². The van der Waals surface area contributed by atoms with Gasteiger partial charge in [0.05, 0.1) is 11.2 Å². The Kier molecular flexibility index (Phi) is 6.35. The highest BCUT2D eigenvalue weighted by Crippen LogP contribution is 2.19. The molecule has 2 aromatic rings. The van der Waals surface area contributed by atoms with E-state index in [1.54, 1.807) is 49.4 Å². The fourth-order valence-corrected chi connectivity index (χ4v) is 2.26. The van der Waals surface area contributed by atoms with Crippen molar-refractivity contribution < 1.29 is 9.59 Å². The normalized spacial score (nSPS) is 12.0. The van der Waals surface area contributed by atoms with Gasteiger partial charge in [-0.1, -0.05) is 47.5 Å². The minimum absolute atomic E-state index is 0.331. The van der Waals surface area contributed by atoms with Crippen LogP contribution in [0.3, 0.4) is 0 Å². The monoisotopic (exact) mass is 363 g/mol. The molecule has 0 heterocycles. The van der Waals surface area contributed by atoms with E-state index in [9.17, 15) is 9.59 Å². The zero-order valence-corrected chi connectivity index (χ0v) is 14.3. The van der Waals surface area contributed by atoms with Crippen molar-refractivity contribution in [2.45, 2.75) is 13.0 Å². The maximum Gasteiger partial charge on any atom is 0.262 e. The average molecular weight is 364 g/mol. The molecular weight excluding hydrogens is 349 g/mol. The molecule has 7 heteroatoms. The Balaban J connectivity index is 1.89. The molecule has 124 valence electrons. The second kappa shape index (κ2) is 8.47.